The first-order valence-corrected chi connectivity index (χ1v) is 9.49. The van der Waals surface area contributed by atoms with E-state index in [0.29, 0.717) is 24.4 Å². The van der Waals surface area contributed by atoms with Gasteiger partial charge < -0.3 is 14.6 Å². The molecule has 1 fully saturated rings. The average Bonchev–Trinajstić information content (AvgIpc) is 3.24. The number of amides is 3. The van der Waals surface area contributed by atoms with Gasteiger partial charge in [0.2, 0.25) is 0 Å². The van der Waals surface area contributed by atoms with Crippen LogP contribution in [0.5, 0.6) is 5.75 Å². The van der Waals surface area contributed by atoms with E-state index in [1.54, 1.807) is 12.1 Å². The van der Waals surface area contributed by atoms with E-state index in [-0.39, 0.29) is 12.5 Å². The molecule has 0 radical (unpaired) electrons. The number of hydrogen-bond acceptors (Lipinski definition) is 4. The molecule has 7 heteroatoms. The first-order valence-electron chi connectivity index (χ1n) is 9.49. The topological polar surface area (TPSA) is 87.4 Å². The van der Waals surface area contributed by atoms with E-state index < -0.39 is 6.03 Å². The lowest BCUT2D eigenvalue weighted by molar-refractivity contribution is -0.115. The Morgan fingerprint density at radius 3 is 2.48 bits per heavy atom. The monoisotopic (exact) mass is 388 g/mol. The van der Waals surface area contributed by atoms with Crippen molar-refractivity contribution in [2.45, 2.75) is 20.4 Å². The number of nitrogens with one attached hydrogen (secondary N) is 1. The van der Waals surface area contributed by atoms with Crippen LogP contribution in [0.1, 0.15) is 19.4 Å². The Morgan fingerprint density at radius 2 is 1.90 bits per heavy atom. The molecule has 2 heterocycles. The lowest BCUT2D eigenvalue weighted by Crippen LogP contribution is -2.30. The molecular weight excluding hydrogens is 368 g/mol. The molecule has 1 aliphatic heterocycles. The summed E-state index contributed by atoms with van der Waals surface area (Å²) < 4.78 is 7.71. The maximum Gasteiger partial charge on any atom is 0.329 e. The molecule has 29 heavy (non-hydrogen) atoms. The Labute approximate surface area is 168 Å². The summed E-state index contributed by atoms with van der Waals surface area (Å²) in [6.45, 7) is 5.21. The van der Waals surface area contributed by atoms with Gasteiger partial charge in [-0.2, -0.15) is 5.26 Å². The van der Waals surface area contributed by atoms with Crippen molar-refractivity contribution in [3.8, 4) is 23.1 Å². The molecular formula is C22H20N4O3. The number of ether oxygens (including phenoxy) is 1. The molecule has 1 saturated heterocycles. The Bertz CT molecular complexity index is 1140. The summed E-state index contributed by atoms with van der Waals surface area (Å²) in [5, 5.41) is 13.2. The van der Waals surface area contributed by atoms with Crippen molar-refractivity contribution in [2.75, 3.05) is 18.1 Å². The van der Waals surface area contributed by atoms with E-state index in [4.69, 9.17) is 4.74 Å². The number of rotatable bonds is 5. The van der Waals surface area contributed by atoms with Crippen LogP contribution in [0.4, 0.5) is 10.5 Å². The van der Waals surface area contributed by atoms with Crippen molar-refractivity contribution in [1.82, 2.24) is 9.88 Å². The highest BCUT2D eigenvalue weighted by Gasteiger charge is 2.30. The Balaban J connectivity index is 1.84. The second-order valence-corrected chi connectivity index (χ2v) is 6.63. The van der Waals surface area contributed by atoms with Crippen molar-refractivity contribution in [1.29, 1.82) is 5.26 Å². The molecule has 1 N–H and O–H groups in total. The van der Waals surface area contributed by atoms with E-state index >= 15 is 0 Å². The Kier molecular flexibility index (Phi) is 4.69. The molecule has 1 aliphatic rings. The van der Waals surface area contributed by atoms with Gasteiger partial charge in [-0.15, -0.1) is 0 Å². The van der Waals surface area contributed by atoms with Crippen LogP contribution in [0.15, 0.2) is 42.5 Å². The number of carbonyl (C=O) groups is 2. The van der Waals surface area contributed by atoms with Crippen LogP contribution in [0.2, 0.25) is 0 Å². The molecule has 3 aromatic rings. The largest absolute Gasteiger partial charge is 0.494 e. The maximum atomic E-state index is 11.9. The lowest BCUT2D eigenvalue weighted by atomic mass is 10.1. The number of carbonyl (C=O) groups excluding carboxylic acids is 2. The van der Waals surface area contributed by atoms with Crippen LogP contribution < -0.4 is 15.0 Å². The Morgan fingerprint density at radius 1 is 1.14 bits per heavy atom. The molecule has 0 spiro atoms. The number of aryl methyl sites for hydroxylation is 1. The van der Waals surface area contributed by atoms with Gasteiger partial charge in [-0.3, -0.25) is 4.79 Å². The summed E-state index contributed by atoms with van der Waals surface area (Å²) in [6.07, 6.45) is 0. The lowest BCUT2D eigenvalue weighted by Gasteiger charge is -2.14. The van der Waals surface area contributed by atoms with E-state index in [1.165, 1.54) is 0 Å². The van der Waals surface area contributed by atoms with Gasteiger partial charge in [-0.25, -0.2) is 9.69 Å². The van der Waals surface area contributed by atoms with Gasteiger partial charge in [0.05, 0.1) is 35.6 Å². The fraction of sp³-hybridized carbons (Fsp3) is 0.227. The minimum atomic E-state index is -0.424. The molecule has 2 aromatic carbocycles. The standard InChI is InChI=1S/C22H20N4O3/c1-3-25-19-11-16(29-4-2)9-10-17(19)18(12-23)21(25)14-5-7-15(8-6-14)26-20(27)13-24-22(26)28/h5-11H,3-4,13H2,1-2H3,(H,24,28). The molecule has 146 valence electrons. The zero-order valence-corrected chi connectivity index (χ0v) is 16.2. The van der Waals surface area contributed by atoms with Crippen LogP contribution in [0.25, 0.3) is 22.2 Å². The molecule has 1 aromatic heterocycles. The zero-order chi connectivity index (χ0) is 20.5. The van der Waals surface area contributed by atoms with Crippen LogP contribution in [0.3, 0.4) is 0 Å². The fourth-order valence-electron chi connectivity index (χ4n) is 3.78. The van der Waals surface area contributed by atoms with Crippen molar-refractivity contribution in [3.05, 3.63) is 48.0 Å². The molecule has 0 unspecified atom stereocenters. The normalized spacial score (nSPS) is 13.6. The van der Waals surface area contributed by atoms with Gasteiger partial charge in [-0.05, 0) is 43.7 Å². The van der Waals surface area contributed by atoms with Gasteiger partial charge in [0.1, 0.15) is 11.8 Å². The molecule has 3 amide bonds. The third-order valence-corrected chi connectivity index (χ3v) is 5.02. The fourth-order valence-corrected chi connectivity index (χ4v) is 3.78. The average molecular weight is 388 g/mol. The summed E-state index contributed by atoms with van der Waals surface area (Å²) in [5.74, 6) is 0.476. The van der Waals surface area contributed by atoms with Crippen molar-refractivity contribution >= 4 is 28.5 Å². The van der Waals surface area contributed by atoms with Crippen LogP contribution in [-0.4, -0.2) is 29.7 Å². The third-order valence-electron chi connectivity index (χ3n) is 5.02. The van der Waals surface area contributed by atoms with Gasteiger partial charge in [0, 0.05) is 18.0 Å². The highest BCUT2D eigenvalue weighted by molar-refractivity contribution is 6.19. The molecule has 0 saturated carbocycles. The molecule has 0 bridgehead atoms. The Hall–Kier alpha value is -3.79. The van der Waals surface area contributed by atoms with Crippen LogP contribution in [0, 0.1) is 11.3 Å². The highest BCUT2D eigenvalue weighted by Crippen LogP contribution is 2.36. The summed E-state index contributed by atoms with van der Waals surface area (Å²) in [4.78, 5) is 24.9. The number of fused-ring (bicyclic) bond motifs is 1. The maximum absolute atomic E-state index is 11.9. The van der Waals surface area contributed by atoms with E-state index in [9.17, 15) is 14.9 Å². The number of benzene rings is 2. The number of aromatic nitrogens is 1. The molecule has 7 nitrogen and oxygen atoms in total. The van der Waals surface area contributed by atoms with Gasteiger partial charge >= 0.3 is 6.03 Å². The first-order chi connectivity index (χ1) is 14.1. The number of nitrogens with zero attached hydrogens (tertiary/aromatic N) is 3. The first kappa shape index (κ1) is 18.6. The number of anilines is 1. The zero-order valence-electron chi connectivity index (χ0n) is 16.2. The predicted molar refractivity (Wildman–Crippen MR) is 110 cm³/mol. The second kappa shape index (κ2) is 7.32. The highest BCUT2D eigenvalue weighted by atomic mass is 16.5. The third kappa shape index (κ3) is 2.99. The van der Waals surface area contributed by atoms with Gasteiger partial charge in [0.25, 0.3) is 5.91 Å². The van der Waals surface area contributed by atoms with Crippen molar-refractivity contribution < 1.29 is 14.3 Å². The quantitative estimate of drug-likeness (QED) is 0.676. The number of imide groups is 1. The molecule has 4 rings (SSSR count). The number of urea groups is 1. The van der Waals surface area contributed by atoms with E-state index in [1.807, 2.05) is 44.2 Å². The van der Waals surface area contributed by atoms with Gasteiger partial charge in [0.15, 0.2) is 0 Å². The van der Waals surface area contributed by atoms with Crippen LogP contribution >= 0.6 is 0 Å². The SMILES string of the molecule is CCOc1ccc2c(C#N)c(-c3ccc(N4C(=O)CNC4=O)cc3)n(CC)c2c1. The summed E-state index contributed by atoms with van der Waals surface area (Å²) in [5.41, 5.74) is 3.68. The van der Waals surface area contributed by atoms with E-state index in [0.717, 1.165) is 32.8 Å². The van der Waals surface area contributed by atoms with Gasteiger partial charge in [-0.1, -0.05) is 12.1 Å². The van der Waals surface area contributed by atoms with Crippen LogP contribution in [-0.2, 0) is 11.3 Å². The second-order valence-electron chi connectivity index (χ2n) is 6.63. The summed E-state index contributed by atoms with van der Waals surface area (Å²) >= 11 is 0. The predicted octanol–water partition coefficient (Wildman–Crippen LogP) is 3.65. The molecule has 0 aliphatic carbocycles. The van der Waals surface area contributed by atoms with E-state index in [2.05, 4.69) is 16.0 Å². The smallest absolute Gasteiger partial charge is 0.329 e. The minimum Gasteiger partial charge on any atom is -0.494 e. The van der Waals surface area contributed by atoms with Crippen molar-refractivity contribution in [2.24, 2.45) is 0 Å². The number of hydrogen-bond donors (Lipinski definition) is 1. The number of nitriles is 1. The minimum absolute atomic E-state index is 0.00536. The van der Waals surface area contributed by atoms with Crippen molar-refractivity contribution in [3.63, 3.8) is 0 Å². The summed E-state index contributed by atoms with van der Waals surface area (Å²) in [6, 6.07) is 14.8. The summed E-state index contributed by atoms with van der Waals surface area (Å²) in [7, 11) is 0. The molecule has 0 atom stereocenters.